The maximum absolute atomic E-state index is 11.1. The van der Waals surface area contributed by atoms with E-state index in [-0.39, 0.29) is 18.1 Å². The minimum atomic E-state index is -0.868. The van der Waals surface area contributed by atoms with Crippen molar-refractivity contribution < 1.29 is 10.0 Å². The Morgan fingerprint density at radius 3 is 2.67 bits per heavy atom. The number of benzene rings is 1. The highest BCUT2D eigenvalue weighted by molar-refractivity contribution is 9.10. The van der Waals surface area contributed by atoms with E-state index in [1.807, 2.05) is 30.3 Å². The molecule has 2 N–H and O–H groups in total. The molecule has 1 unspecified atom stereocenters. The van der Waals surface area contributed by atoms with Crippen LogP contribution in [0.25, 0.3) is 0 Å². The number of aliphatic hydroxyl groups excluding tert-OH is 1. The second-order valence-corrected chi connectivity index (χ2v) is 5.68. The molecular formula is C14H14BrN3O3. The zero-order chi connectivity index (χ0) is 15.5. The Kier molecular flexibility index (Phi) is 4.54. The van der Waals surface area contributed by atoms with Gasteiger partial charge in [0.1, 0.15) is 0 Å². The minimum Gasteiger partial charge on any atom is -0.394 e. The molecule has 1 aromatic heterocycles. The Hall–Kier alpha value is -1.99. The first-order chi connectivity index (χ1) is 9.96. The summed E-state index contributed by atoms with van der Waals surface area (Å²) in [6.45, 7) is 1.53. The highest BCUT2D eigenvalue weighted by Gasteiger charge is 2.29. The van der Waals surface area contributed by atoms with Crippen molar-refractivity contribution in [3.63, 3.8) is 0 Å². The zero-order valence-corrected chi connectivity index (χ0v) is 12.9. The van der Waals surface area contributed by atoms with Crippen LogP contribution in [0.4, 0.5) is 11.5 Å². The molecule has 0 aliphatic rings. The molecule has 0 fully saturated rings. The molecule has 0 aliphatic carbocycles. The fourth-order valence-electron chi connectivity index (χ4n) is 1.93. The van der Waals surface area contributed by atoms with Gasteiger partial charge in [-0.15, -0.1) is 0 Å². The van der Waals surface area contributed by atoms with E-state index in [1.54, 1.807) is 6.92 Å². The molecule has 1 aromatic carbocycles. The van der Waals surface area contributed by atoms with Crippen LogP contribution >= 0.6 is 15.9 Å². The predicted octanol–water partition coefficient (Wildman–Crippen LogP) is 3.07. The van der Waals surface area contributed by atoms with E-state index in [2.05, 4.69) is 26.2 Å². The largest absolute Gasteiger partial charge is 0.394 e. The summed E-state index contributed by atoms with van der Waals surface area (Å²) in [4.78, 5) is 14.7. The molecule has 6 nitrogen and oxygen atoms in total. The van der Waals surface area contributed by atoms with Gasteiger partial charge in [-0.05, 0) is 28.4 Å². The number of aromatic nitrogens is 1. The summed E-state index contributed by atoms with van der Waals surface area (Å²) in [6.07, 6.45) is 1.47. The van der Waals surface area contributed by atoms with E-state index < -0.39 is 10.5 Å². The van der Waals surface area contributed by atoms with Crippen molar-refractivity contribution in [3.05, 3.63) is 62.7 Å². The van der Waals surface area contributed by atoms with Gasteiger partial charge in [0.05, 0.1) is 17.1 Å². The summed E-state index contributed by atoms with van der Waals surface area (Å²) in [6, 6.07) is 10.6. The number of rotatable bonds is 5. The second kappa shape index (κ2) is 6.19. The topological polar surface area (TPSA) is 88.3 Å². The van der Waals surface area contributed by atoms with E-state index in [9.17, 15) is 15.2 Å². The van der Waals surface area contributed by atoms with Crippen LogP contribution < -0.4 is 5.32 Å². The van der Waals surface area contributed by atoms with E-state index in [0.29, 0.717) is 4.47 Å². The summed E-state index contributed by atoms with van der Waals surface area (Å²) in [5.74, 6) is 0.114. The first-order valence-corrected chi connectivity index (χ1v) is 7.00. The van der Waals surface area contributed by atoms with Gasteiger partial charge in [0, 0.05) is 16.7 Å². The molecule has 0 radical (unpaired) electrons. The van der Waals surface area contributed by atoms with Crippen LogP contribution in [0.2, 0.25) is 0 Å². The third kappa shape index (κ3) is 3.37. The molecule has 2 aromatic rings. The van der Waals surface area contributed by atoms with Gasteiger partial charge in [0.2, 0.25) is 5.82 Å². The van der Waals surface area contributed by atoms with E-state index in [4.69, 9.17) is 0 Å². The van der Waals surface area contributed by atoms with Crippen LogP contribution in [0.15, 0.2) is 47.1 Å². The lowest BCUT2D eigenvalue weighted by Gasteiger charge is -2.29. The Morgan fingerprint density at radius 1 is 1.43 bits per heavy atom. The number of hydrogen-bond donors (Lipinski definition) is 2. The molecule has 2 rings (SSSR count). The molecule has 21 heavy (non-hydrogen) atoms. The Balaban J connectivity index is 2.42. The highest BCUT2D eigenvalue weighted by atomic mass is 79.9. The molecule has 1 atom stereocenters. The zero-order valence-electron chi connectivity index (χ0n) is 11.3. The summed E-state index contributed by atoms with van der Waals surface area (Å²) in [5.41, 5.74) is -0.209. The van der Waals surface area contributed by atoms with Gasteiger partial charge >= 0.3 is 5.69 Å². The number of hydrogen-bond acceptors (Lipinski definition) is 5. The molecule has 110 valence electrons. The molecule has 0 amide bonds. The lowest BCUT2D eigenvalue weighted by atomic mass is 9.93. The number of halogens is 1. The lowest BCUT2D eigenvalue weighted by molar-refractivity contribution is -0.384. The van der Waals surface area contributed by atoms with Crippen LogP contribution in [-0.2, 0) is 5.54 Å². The quantitative estimate of drug-likeness (QED) is 0.638. The van der Waals surface area contributed by atoms with Gasteiger partial charge in [0.25, 0.3) is 0 Å². The SMILES string of the molecule is CC(CO)(Nc1ncc(Br)cc1[N+](=O)[O-])c1ccccc1. The van der Waals surface area contributed by atoms with Crippen LogP contribution in [-0.4, -0.2) is 21.6 Å². The minimum absolute atomic E-state index is 0.114. The molecule has 0 saturated heterocycles. The molecule has 0 aliphatic heterocycles. The fraction of sp³-hybridized carbons (Fsp3) is 0.214. The van der Waals surface area contributed by atoms with Crippen molar-refractivity contribution >= 4 is 27.4 Å². The van der Waals surface area contributed by atoms with Crippen LogP contribution in [0.3, 0.4) is 0 Å². The number of pyridine rings is 1. The average Bonchev–Trinajstić information content (AvgIpc) is 2.49. The average molecular weight is 352 g/mol. The molecular weight excluding hydrogens is 338 g/mol. The third-order valence-corrected chi connectivity index (χ3v) is 3.59. The number of nitro groups is 1. The summed E-state index contributed by atoms with van der Waals surface area (Å²) < 4.78 is 0.519. The van der Waals surface area contributed by atoms with Gasteiger partial charge < -0.3 is 10.4 Å². The van der Waals surface area contributed by atoms with Crippen LogP contribution in [0.5, 0.6) is 0 Å². The van der Waals surface area contributed by atoms with Gasteiger partial charge in [0.15, 0.2) is 0 Å². The summed E-state index contributed by atoms with van der Waals surface area (Å²) in [5, 5.41) is 23.8. The van der Waals surface area contributed by atoms with Gasteiger partial charge in [-0.1, -0.05) is 30.3 Å². The number of nitrogens with one attached hydrogen (secondary N) is 1. The van der Waals surface area contributed by atoms with Gasteiger partial charge in [-0.2, -0.15) is 0 Å². The van der Waals surface area contributed by atoms with Crippen molar-refractivity contribution in [1.29, 1.82) is 0 Å². The molecule has 7 heteroatoms. The number of aliphatic hydroxyl groups is 1. The van der Waals surface area contributed by atoms with Crippen molar-refractivity contribution in [2.45, 2.75) is 12.5 Å². The van der Waals surface area contributed by atoms with Crippen LogP contribution in [0.1, 0.15) is 12.5 Å². The first-order valence-electron chi connectivity index (χ1n) is 6.21. The molecule has 0 saturated carbocycles. The van der Waals surface area contributed by atoms with Crippen molar-refractivity contribution in [2.24, 2.45) is 0 Å². The van der Waals surface area contributed by atoms with E-state index >= 15 is 0 Å². The molecule has 0 spiro atoms. The normalized spacial score (nSPS) is 13.5. The Morgan fingerprint density at radius 2 is 2.10 bits per heavy atom. The van der Waals surface area contributed by atoms with Crippen molar-refractivity contribution in [2.75, 3.05) is 11.9 Å². The Labute approximate surface area is 130 Å². The van der Waals surface area contributed by atoms with E-state index in [0.717, 1.165) is 5.56 Å². The Bertz CT molecular complexity index is 651. The second-order valence-electron chi connectivity index (χ2n) is 4.76. The van der Waals surface area contributed by atoms with Crippen LogP contribution in [0, 0.1) is 10.1 Å². The van der Waals surface area contributed by atoms with Gasteiger partial charge in [-0.25, -0.2) is 4.98 Å². The van der Waals surface area contributed by atoms with Crippen molar-refractivity contribution in [3.8, 4) is 0 Å². The van der Waals surface area contributed by atoms with E-state index in [1.165, 1.54) is 12.3 Å². The molecule has 1 heterocycles. The number of anilines is 1. The lowest BCUT2D eigenvalue weighted by Crippen LogP contribution is -2.36. The number of nitrogens with zero attached hydrogens (tertiary/aromatic N) is 2. The standard InChI is InChI=1S/C14H14BrN3O3/c1-14(9-19,10-5-3-2-4-6-10)17-13-12(18(20)21)7-11(15)8-16-13/h2-8,19H,9H2,1H3,(H,16,17). The maximum atomic E-state index is 11.1. The first kappa shape index (κ1) is 15.4. The van der Waals surface area contributed by atoms with Crippen molar-refractivity contribution in [1.82, 2.24) is 4.98 Å². The molecule has 0 bridgehead atoms. The predicted molar refractivity (Wildman–Crippen MR) is 83.1 cm³/mol. The summed E-state index contributed by atoms with van der Waals surface area (Å²) in [7, 11) is 0. The maximum Gasteiger partial charge on any atom is 0.312 e. The summed E-state index contributed by atoms with van der Waals surface area (Å²) >= 11 is 3.16. The highest BCUT2D eigenvalue weighted by Crippen LogP contribution is 2.31. The monoisotopic (exact) mass is 351 g/mol. The fourth-order valence-corrected chi connectivity index (χ4v) is 2.25. The third-order valence-electron chi connectivity index (χ3n) is 3.15. The smallest absolute Gasteiger partial charge is 0.312 e. The van der Waals surface area contributed by atoms with Gasteiger partial charge in [-0.3, -0.25) is 10.1 Å².